The van der Waals surface area contributed by atoms with E-state index in [1.807, 2.05) is 25.6 Å². The number of hydrogen-bond donors (Lipinski definition) is 2. The van der Waals surface area contributed by atoms with Gasteiger partial charge in [-0.1, -0.05) is 0 Å². The fourth-order valence-electron chi connectivity index (χ4n) is 2.69. The number of carbonyl (C=O) groups is 1. The zero-order valence-electron chi connectivity index (χ0n) is 11.9. The van der Waals surface area contributed by atoms with Crippen LogP contribution in [-0.4, -0.2) is 66.9 Å². The van der Waals surface area contributed by atoms with Crippen molar-refractivity contribution in [2.24, 2.45) is 0 Å². The summed E-state index contributed by atoms with van der Waals surface area (Å²) in [6.45, 7) is 8.27. The van der Waals surface area contributed by atoms with E-state index in [1.165, 1.54) is 5.75 Å². The molecule has 0 aromatic carbocycles. The van der Waals surface area contributed by atoms with Gasteiger partial charge in [-0.3, -0.25) is 4.90 Å². The van der Waals surface area contributed by atoms with Crippen LogP contribution in [0.15, 0.2) is 0 Å². The van der Waals surface area contributed by atoms with Gasteiger partial charge in [0, 0.05) is 37.0 Å². The molecular weight excluding hydrogens is 262 g/mol. The Balaban J connectivity index is 1.90. The van der Waals surface area contributed by atoms with Gasteiger partial charge in [0.2, 0.25) is 0 Å². The number of rotatable bonds is 4. The van der Waals surface area contributed by atoms with Crippen molar-refractivity contribution in [2.45, 2.75) is 31.8 Å². The average molecular weight is 287 g/mol. The average Bonchev–Trinajstić information content (AvgIpc) is 2.87. The third-order valence-electron chi connectivity index (χ3n) is 3.76. The van der Waals surface area contributed by atoms with Gasteiger partial charge in [0.15, 0.2) is 0 Å². The highest BCUT2D eigenvalue weighted by Crippen LogP contribution is 2.33. The smallest absolute Gasteiger partial charge is 0.315 e. The first-order valence-corrected chi connectivity index (χ1v) is 8.23. The van der Waals surface area contributed by atoms with Gasteiger partial charge < -0.3 is 15.4 Å². The standard InChI is InChI=1S/C13H25N3O2S/c1-11(2)15-12(17)14-9-13(3-8-19-10-13)16-4-6-18-7-5-16/h11H,3-10H2,1-2H3,(H2,14,15,17). The van der Waals surface area contributed by atoms with Gasteiger partial charge in [0.05, 0.1) is 13.2 Å². The number of thioether (sulfide) groups is 1. The highest BCUT2D eigenvalue weighted by atomic mass is 32.2. The molecule has 2 aliphatic rings. The first-order chi connectivity index (χ1) is 9.12. The first kappa shape index (κ1) is 14.9. The Morgan fingerprint density at radius 1 is 1.42 bits per heavy atom. The monoisotopic (exact) mass is 287 g/mol. The van der Waals surface area contributed by atoms with Gasteiger partial charge in [0.25, 0.3) is 0 Å². The van der Waals surface area contributed by atoms with Crippen molar-refractivity contribution < 1.29 is 9.53 Å². The Bertz CT molecular complexity index is 300. The van der Waals surface area contributed by atoms with Crippen molar-refractivity contribution in [1.82, 2.24) is 15.5 Å². The molecule has 0 saturated carbocycles. The molecule has 2 aliphatic heterocycles. The largest absolute Gasteiger partial charge is 0.379 e. The van der Waals surface area contributed by atoms with Crippen LogP contribution in [-0.2, 0) is 4.74 Å². The predicted molar refractivity (Wildman–Crippen MR) is 78.7 cm³/mol. The maximum absolute atomic E-state index is 11.8. The lowest BCUT2D eigenvalue weighted by molar-refractivity contribution is -0.0124. The van der Waals surface area contributed by atoms with Gasteiger partial charge in [-0.05, 0) is 26.0 Å². The molecule has 2 N–H and O–H groups in total. The van der Waals surface area contributed by atoms with E-state index in [0.717, 1.165) is 45.0 Å². The molecule has 6 heteroatoms. The maximum Gasteiger partial charge on any atom is 0.315 e. The number of ether oxygens (including phenoxy) is 1. The summed E-state index contributed by atoms with van der Waals surface area (Å²) in [6.07, 6.45) is 1.15. The SMILES string of the molecule is CC(C)NC(=O)NCC1(N2CCOCC2)CCSC1. The topological polar surface area (TPSA) is 53.6 Å². The molecule has 2 fully saturated rings. The molecule has 2 amide bonds. The normalized spacial score (nSPS) is 28.6. The van der Waals surface area contributed by atoms with Crippen LogP contribution in [0.2, 0.25) is 0 Å². The molecule has 1 atom stereocenters. The van der Waals surface area contributed by atoms with Crippen LogP contribution in [0.3, 0.4) is 0 Å². The van der Waals surface area contributed by atoms with E-state index in [-0.39, 0.29) is 17.6 Å². The third kappa shape index (κ3) is 4.00. The zero-order valence-corrected chi connectivity index (χ0v) is 12.7. The molecule has 1 unspecified atom stereocenters. The summed E-state index contributed by atoms with van der Waals surface area (Å²) in [5.41, 5.74) is 0.128. The number of nitrogens with one attached hydrogen (secondary N) is 2. The van der Waals surface area contributed by atoms with E-state index in [9.17, 15) is 4.79 Å². The third-order valence-corrected chi connectivity index (χ3v) is 5.00. The molecule has 5 nitrogen and oxygen atoms in total. The van der Waals surface area contributed by atoms with Gasteiger partial charge in [-0.25, -0.2) is 4.79 Å². The molecule has 2 heterocycles. The zero-order chi connectivity index (χ0) is 13.7. The lowest BCUT2D eigenvalue weighted by atomic mass is 9.95. The highest BCUT2D eigenvalue weighted by Gasteiger charge is 2.40. The molecule has 0 aliphatic carbocycles. The number of hydrogen-bond acceptors (Lipinski definition) is 4. The van der Waals surface area contributed by atoms with Crippen LogP contribution in [0.25, 0.3) is 0 Å². The fraction of sp³-hybridized carbons (Fsp3) is 0.923. The van der Waals surface area contributed by atoms with Crippen molar-refractivity contribution >= 4 is 17.8 Å². The summed E-state index contributed by atoms with van der Waals surface area (Å²) in [6, 6.07) is 0.122. The van der Waals surface area contributed by atoms with Crippen molar-refractivity contribution in [3.8, 4) is 0 Å². The molecule has 2 saturated heterocycles. The van der Waals surface area contributed by atoms with Gasteiger partial charge in [-0.15, -0.1) is 0 Å². The fourth-order valence-corrected chi connectivity index (χ4v) is 4.17. The predicted octanol–water partition coefficient (Wildman–Crippen LogP) is 0.902. The number of carbonyl (C=O) groups excluding carboxylic acids is 1. The first-order valence-electron chi connectivity index (χ1n) is 7.07. The summed E-state index contributed by atoms with van der Waals surface area (Å²) in [5.74, 6) is 2.29. The van der Waals surface area contributed by atoms with Crippen molar-refractivity contribution in [3.05, 3.63) is 0 Å². The minimum atomic E-state index is -0.0560. The van der Waals surface area contributed by atoms with Crippen LogP contribution in [0.1, 0.15) is 20.3 Å². The van der Waals surface area contributed by atoms with Crippen molar-refractivity contribution in [3.63, 3.8) is 0 Å². The van der Waals surface area contributed by atoms with Gasteiger partial charge >= 0.3 is 6.03 Å². The second kappa shape index (κ2) is 6.81. The molecule has 19 heavy (non-hydrogen) atoms. The van der Waals surface area contributed by atoms with Crippen LogP contribution >= 0.6 is 11.8 Å². The number of nitrogens with zero attached hydrogens (tertiary/aromatic N) is 1. The van der Waals surface area contributed by atoms with Crippen molar-refractivity contribution in [1.29, 1.82) is 0 Å². The number of morpholine rings is 1. The summed E-state index contributed by atoms with van der Waals surface area (Å²) in [7, 11) is 0. The Hall–Kier alpha value is -0.460. The lowest BCUT2D eigenvalue weighted by Gasteiger charge is -2.43. The molecule has 0 radical (unpaired) electrons. The van der Waals surface area contributed by atoms with Crippen LogP contribution < -0.4 is 10.6 Å². The quantitative estimate of drug-likeness (QED) is 0.807. The molecule has 0 bridgehead atoms. The summed E-state index contributed by atoms with van der Waals surface area (Å²) < 4.78 is 5.43. The van der Waals surface area contributed by atoms with Gasteiger partial charge in [-0.2, -0.15) is 11.8 Å². The summed E-state index contributed by atoms with van der Waals surface area (Å²) >= 11 is 1.99. The summed E-state index contributed by atoms with van der Waals surface area (Å²) in [4.78, 5) is 14.3. The van der Waals surface area contributed by atoms with Crippen LogP contribution in [0, 0.1) is 0 Å². The van der Waals surface area contributed by atoms with E-state index in [4.69, 9.17) is 4.74 Å². The minimum Gasteiger partial charge on any atom is -0.379 e. The Morgan fingerprint density at radius 3 is 2.74 bits per heavy atom. The molecule has 0 aromatic rings. The van der Waals surface area contributed by atoms with E-state index < -0.39 is 0 Å². The Morgan fingerprint density at radius 2 is 2.16 bits per heavy atom. The van der Waals surface area contributed by atoms with E-state index in [2.05, 4.69) is 15.5 Å². The second-order valence-electron chi connectivity index (χ2n) is 5.61. The molecule has 0 aromatic heterocycles. The van der Waals surface area contributed by atoms with E-state index >= 15 is 0 Å². The second-order valence-corrected chi connectivity index (χ2v) is 6.71. The van der Waals surface area contributed by atoms with Crippen LogP contribution in [0.5, 0.6) is 0 Å². The molecular formula is C13H25N3O2S. The van der Waals surface area contributed by atoms with E-state index in [1.54, 1.807) is 0 Å². The molecule has 0 spiro atoms. The Labute approximate surface area is 119 Å². The highest BCUT2D eigenvalue weighted by molar-refractivity contribution is 7.99. The van der Waals surface area contributed by atoms with Crippen molar-refractivity contribution in [2.75, 3.05) is 44.4 Å². The summed E-state index contributed by atoms with van der Waals surface area (Å²) in [5, 5.41) is 5.93. The molecule has 110 valence electrons. The van der Waals surface area contributed by atoms with Crippen LogP contribution in [0.4, 0.5) is 4.79 Å². The minimum absolute atomic E-state index is 0.0560. The van der Waals surface area contributed by atoms with Gasteiger partial charge in [0.1, 0.15) is 0 Å². The molecule has 2 rings (SSSR count). The lowest BCUT2D eigenvalue weighted by Crippen LogP contribution is -2.60. The number of amides is 2. The maximum atomic E-state index is 11.8. The van der Waals surface area contributed by atoms with E-state index in [0.29, 0.717) is 0 Å². The Kier molecular flexibility index (Phi) is 5.36. The number of urea groups is 1.